The number of hydrogen-bond acceptors (Lipinski definition) is 0. The highest BCUT2D eigenvalue weighted by atomic mass is 19.1. The summed E-state index contributed by atoms with van der Waals surface area (Å²) in [5.41, 5.74) is 1.62. The minimum Gasteiger partial charge on any atom is -0.251 e. The van der Waals surface area contributed by atoms with Gasteiger partial charge in [-0.15, -0.1) is 0 Å². The lowest BCUT2D eigenvalue weighted by Gasteiger charge is -2.08. The van der Waals surface area contributed by atoms with Crippen LogP contribution in [0.2, 0.25) is 0 Å². The van der Waals surface area contributed by atoms with Crippen molar-refractivity contribution in [1.29, 1.82) is 0 Å². The van der Waals surface area contributed by atoms with Crippen molar-refractivity contribution in [3.63, 3.8) is 0 Å². The Morgan fingerprint density at radius 1 is 0.560 bits per heavy atom. The molecule has 0 unspecified atom stereocenters. The molecule has 0 fully saturated rings. The standard InChI is InChI=1S/C24H47F/c1-3-5-7-9-11-13-15-17-21-24(22-18-19-23-25)20-16-14-12-10-8-6-4-2/h21H,3-20,22-23H2,1-2H3. The first-order valence-corrected chi connectivity index (χ1v) is 11.6. The van der Waals surface area contributed by atoms with E-state index < -0.39 is 0 Å². The van der Waals surface area contributed by atoms with E-state index in [9.17, 15) is 4.39 Å². The summed E-state index contributed by atoms with van der Waals surface area (Å²) in [5, 5.41) is 0. The van der Waals surface area contributed by atoms with Crippen molar-refractivity contribution < 1.29 is 4.39 Å². The molecule has 150 valence electrons. The smallest absolute Gasteiger partial charge is 0.0894 e. The van der Waals surface area contributed by atoms with E-state index in [1.807, 2.05) is 0 Å². The number of unbranched alkanes of at least 4 members (excludes halogenated alkanes) is 14. The highest BCUT2D eigenvalue weighted by molar-refractivity contribution is 5.01. The van der Waals surface area contributed by atoms with E-state index >= 15 is 0 Å². The van der Waals surface area contributed by atoms with Crippen LogP contribution in [0.15, 0.2) is 11.6 Å². The molecule has 0 heterocycles. The monoisotopic (exact) mass is 354 g/mol. The third kappa shape index (κ3) is 19.8. The summed E-state index contributed by atoms with van der Waals surface area (Å²) >= 11 is 0. The molecule has 0 N–H and O–H groups in total. The van der Waals surface area contributed by atoms with Crippen LogP contribution in [0, 0.1) is 0 Å². The van der Waals surface area contributed by atoms with Gasteiger partial charge in [0.1, 0.15) is 0 Å². The van der Waals surface area contributed by atoms with Gasteiger partial charge in [-0.05, 0) is 44.9 Å². The Balaban J connectivity index is 3.79. The van der Waals surface area contributed by atoms with Crippen molar-refractivity contribution in [3.05, 3.63) is 11.6 Å². The molecule has 0 aromatic rings. The highest BCUT2D eigenvalue weighted by Crippen LogP contribution is 2.19. The molecule has 1 heteroatoms. The predicted octanol–water partition coefficient (Wildman–Crippen LogP) is 9.33. The Kier molecular flexibility index (Phi) is 21.4. The molecule has 0 aliphatic carbocycles. The third-order valence-corrected chi connectivity index (χ3v) is 5.22. The van der Waals surface area contributed by atoms with Crippen molar-refractivity contribution in [2.45, 2.75) is 136 Å². The first-order chi connectivity index (χ1) is 12.3. The number of halogens is 1. The molecule has 0 aliphatic rings. The number of rotatable bonds is 20. The quantitative estimate of drug-likeness (QED) is 0.151. The summed E-state index contributed by atoms with van der Waals surface area (Å²) in [4.78, 5) is 0. The van der Waals surface area contributed by atoms with Crippen LogP contribution in [-0.2, 0) is 0 Å². The van der Waals surface area contributed by atoms with Gasteiger partial charge >= 0.3 is 0 Å². The lowest BCUT2D eigenvalue weighted by atomic mass is 9.98. The van der Waals surface area contributed by atoms with Gasteiger partial charge in [-0.25, -0.2) is 0 Å². The van der Waals surface area contributed by atoms with E-state index in [1.165, 1.54) is 103 Å². The minimum atomic E-state index is -0.150. The highest BCUT2D eigenvalue weighted by Gasteiger charge is 2.00. The molecular weight excluding hydrogens is 307 g/mol. The Bertz CT molecular complexity index is 269. The normalized spacial score (nSPS) is 12.0. The molecule has 0 saturated heterocycles. The van der Waals surface area contributed by atoms with Gasteiger partial charge < -0.3 is 0 Å². The Labute approximate surface area is 159 Å². The second-order valence-corrected chi connectivity index (χ2v) is 7.79. The van der Waals surface area contributed by atoms with Crippen LogP contribution in [0.1, 0.15) is 136 Å². The molecule has 0 bridgehead atoms. The van der Waals surface area contributed by atoms with E-state index in [2.05, 4.69) is 19.9 Å². The largest absolute Gasteiger partial charge is 0.251 e. The lowest BCUT2D eigenvalue weighted by Crippen LogP contribution is -1.89. The zero-order valence-electron chi connectivity index (χ0n) is 17.6. The molecule has 0 radical (unpaired) electrons. The number of hydrogen-bond donors (Lipinski definition) is 0. The molecule has 0 atom stereocenters. The van der Waals surface area contributed by atoms with Gasteiger partial charge in [0, 0.05) is 0 Å². The van der Waals surface area contributed by atoms with Crippen LogP contribution in [0.25, 0.3) is 0 Å². The van der Waals surface area contributed by atoms with Crippen molar-refractivity contribution in [2.75, 3.05) is 6.67 Å². The molecule has 0 aromatic heterocycles. The maximum Gasteiger partial charge on any atom is 0.0894 e. The predicted molar refractivity (Wildman–Crippen MR) is 113 cm³/mol. The first-order valence-electron chi connectivity index (χ1n) is 11.6. The molecule has 0 amide bonds. The fraction of sp³-hybridized carbons (Fsp3) is 0.917. The Morgan fingerprint density at radius 2 is 1.00 bits per heavy atom. The summed E-state index contributed by atoms with van der Waals surface area (Å²) in [6.45, 7) is 4.41. The van der Waals surface area contributed by atoms with Gasteiger partial charge in [0.05, 0.1) is 6.67 Å². The molecule has 0 saturated carbocycles. The van der Waals surface area contributed by atoms with Crippen molar-refractivity contribution in [3.8, 4) is 0 Å². The maximum atomic E-state index is 12.4. The van der Waals surface area contributed by atoms with Crippen LogP contribution < -0.4 is 0 Å². The Hall–Kier alpha value is -0.330. The minimum absolute atomic E-state index is 0.150. The van der Waals surface area contributed by atoms with Crippen LogP contribution in [0.4, 0.5) is 4.39 Å². The van der Waals surface area contributed by atoms with Crippen molar-refractivity contribution >= 4 is 0 Å². The summed E-state index contributed by atoms with van der Waals surface area (Å²) in [6.07, 6.45) is 27.3. The summed E-state index contributed by atoms with van der Waals surface area (Å²) in [6, 6.07) is 0. The van der Waals surface area contributed by atoms with Crippen molar-refractivity contribution in [1.82, 2.24) is 0 Å². The molecule has 0 aromatic carbocycles. The lowest BCUT2D eigenvalue weighted by molar-refractivity contribution is 0.460. The van der Waals surface area contributed by atoms with Crippen LogP contribution >= 0.6 is 0 Å². The zero-order chi connectivity index (χ0) is 18.4. The van der Waals surface area contributed by atoms with Gasteiger partial charge in [0.15, 0.2) is 0 Å². The van der Waals surface area contributed by atoms with E-state index in [4.69, 9.17) is 0 Å². The molecule has 0 rings (SSSR count). The van der Waals surface area contributed by atoms with E-state index in [-0.39, 0.29) is 6.67 Å². The number of allylic oxidation sites excluding steroid dienone is 2. The molecule has 0 nitrogen and oxygen atoms in total. The summed E-state index contributed by atoms with van der Waals surface area (Å²) in [7, 11) is 0. The second-order valence-electron chi connectivity index (χ2n) is 7.79. The van der Waals surface area contributed by atoms with Crippen molar-refractivity contribution in [2.24, 2.45) is 0 Å². The Morgan fingerprint density at radius 3 is 1.52 bits per heavy atom. The number of alkyl halides is 1. The fourth-order valence-electron chi connectivity index (χ4n) is 3.49. The van der Waals surface area contributed by atoms with E-state index in [0.717, 1.165) is 19.3 Å². The molecule has 0 spiro atoms. The van der Waals surface area contributed by atoms with Gasteiger partial charge in [-0.3, -0.25) is 4.39 Å². The van der Waals surface area contributed by atoms with E-state index in [1.54, 1.807) is 5.57 Å². The average molecular weight is 355 g/mol. The van der Waals surface area contributed by atoms with Gasteiger partial charge in [0.2, 0.25) is 0 Å². The third-order valence-electron chi connectivity index (χ3n) is 5.22. The van der Waals surface area contributed by atoms with Crippen LogP contribution in [0.3, 0.4) is 0 Å². The SMILES string of the molecule is CCCCCCCCCC=C(CCCCF)CCCCCCCCC. The average Bonchev–Trinajstić information content (AvgIpc) is 2.62. The zero-order valence-corrected chi connectivity index (χ0v) is 17.6. The van der Waals surface area contributed by atoms with Gasteiger partial charge in [0.25, 0.3) is 0 Å². The first kappa shape index (κ1) is 24.7. The summed E-state index contributed by atoms with van der Waals surface area (Å²) in [5.74, 6) is 0. The van der Waals surface area contributed by atoms with Crippen LogP contribution in [0.5, 0.6) is 0 Å². The molecule has 25 heavy (non-hydrogen) atoms. The maximum absolute atomic E-state index is 12.4. The van der Waals surface area contributed by atoms with Gasteiger partial charge in [-0.2, -0.15) is 0 Å². The second kappa shape index (κ2) is 21.7. The summed E-state index contributed by atoms with van der Waals surface area (Å²) < 4.78 is 12.4. The topological polar surface area (TPSA) is 0 Å². The van der Waals surface area contributed by atoms with Crippen LogP contribution in [-0.4, -0.2) is 6.67 Å². The molecular formula is C24H47F. The van der Waals surface area contributed by atoms with Gasteiger partial charge in [-0.1, -0.05) is 103 Å². The fourth-order valence-corrected chi connectivity index (χ4v) is 3.49. The van der Waals surface area contributed by atoms with E-state index in [0.29, 0.717) is 0 Å². The molecule has 0 aliphatic heterocycles.